The lowest BCUT2D eigenvalue weighted by molar-refractivity contribution is 0.853. The summed E-state index contributed by atoms with van der Waals surface area (Å²) in [4.78, 5) is 8.79. The Hall–Kier alpha value is -0.770. The largest absolute Gasteiger partial charge is 0.384 e. The van der Waals surface area contributed by atoms with Crippen molar-refractivity contribution in [3.05, 3.63) is 17.6 Å². The van der Waals surface area contributed by atoms with Gasteiger partial charge in [-0.05, 0) is 12.8 Å². The van der Waals surface area contributed by atoms with E-state index in [4.69, 9.17) is 5.73 Å². The molecule has 2 N–H and O–H groups in total. The molecule has 0 spiro atoms. The highest BCUT2D eigenvalue weighted by atomic mass is 32.2. The Kier molecular flexibility index (Phi) is 5.60. The molecule has 1 rings (SSSR count). The predicted molar refractivity (Wildman–Crippen MR) is 71.5 cm³/mol. The standard InChI is InChI=1S/C12H21N3S/c1-4-6-10-7-11(13)15-12(14-10)8-16-9(3)5-2/h7,9H,4-6,8H2,1-3H3,(H2,13,14,15). The van der Waals surface area contributed by atoms with Crippen LogP contribution in [0.5, 0.6) is 0 Å². The Balaban J connectivity index is 2.64. The van der Waals surface area contributed by atoms with Gasteiger partial charge in [-0.15, -0.1) is 0 Å². The predicted octanol–water partition coefficient (Wildman–Crippen LogP) is 3.04. The Labute approximate surface area is 102 Å². The lowest BCUT2D eigenvalue weighted by Gasteiger charge is -2.08. The third kappa shape index (κ3) is 4.39. The van der Waals surface area contributed by atoms with Crippen LogP contribution in [0.2, 0.25) is 0 Å². The normalized spacial score (nSPS) is 12.7. The van der Waals surface area contributed by atoms with Crippen molar-refractivity contribution in [3.63, 3.8) is 0 Å². The molecule has 1 unspecified atom stereocenters. The maximum atomic E-state index is 5.77. The molecule has 4 heteroatoms. The minimum absolute atomic E-state index is 0.596. The number of aryl methyl sites for hydroxylation is 1. The number of aromatic nitrogens is 2. The Morgan fingerprint density at radius 1 is 1.38 bits per heavy atom. The number of nitrogen functional groups attached to an aromatic ring is 1. The summed E-state index contributed by atoms with van der Waals surface area (Å²) in [6, 6.07) is 1.88. The fourth-order valence-corrected chi connectivity index (χ4v) is 2.16. The number of nitrogens with two attached hydrogens (primary N) is 1. The number of nitrogens with zero attached hydrogens (tertiary/aromatic N) is 2. The molecule has 0 saturated heterocycles. The van der Waals surface area contributed by atoms with E-state index in [0.717, 1.165) is 30.1 Å². The Morgan fingerprint density at radius 3 is 2.75 bits per heavy atom. The van der Waals surface area contributed by atoms with Gasteiger partial charge < -0.3 is 5.73 Å². The van der Waals surface area contributed by atoms with E-state index in [1.165, 1.54) is 6.42 Å². The van der Waals surface area contributed by atoms with Crippen molar-refractivity contribution in [2.45, 2.75) is 51.0 Å². The molecule has 0 radical (unpaired) electrons. The van der Waals surface area contributed by atoms with E-state index in [-0.39, 0.29) is 0 Å². The van der Waals surface area contributed by atoms with E-state index in [1.807, 2.05) is 17.8 Å². The van der Waals surface area contributed by atoms with Gasteiger partial charge in [0, 0.05) is 17.0 Å². The van der Waals surface area contributed by atoms with Crippen LogP contribution in [-0.2, 0) is 12.2 Å². The molecule has 1 aromatic heterocycles. The molecule has 1 heterocycles. The zero-order chi connectivity index (χ0) is 12.0. The quantitative estimate of drug-likeness (QED) is 0.829. The van der Waals surface area contributed by atoms with Crippen molar-refractivity contribution in [3.8, 4) is 0 Å². The lowest BCUT2D eigenvalue weighted by atomic mass is 10.2. The lowest BCUT2D eigenvalue weighted by Crippen LogP contribution is -2.04. The van der Waals surface area contributed by atoms with E-state index < -0.39 is 0 Å². The molecule has 1 aromatic rings. The number of hydrogen-bond acceptors (Lipinski definition) is 4. The summed E-state index contributed by atoms with van der Waals surface area (Å²) >= 11 is 1.88. The number of thioether (sulfide) groups is 1. The maximum absolute atomic E-state index is 5.77. The zero-order valence-electron chi connectivity index (χ0n) is 10.4. The summed E-state index contributed by atoms with van der Waals surface area (Å²) in [6.07, 6.45) is 3.25. The van der Waals surface area contributed by atoms with E-state index in [2.05, 4.69) is 30.7 Å². The smallest absolute Gasteiger partial charge is 0.140 e. The molecule has 0 aliphatic heterocycles. The second-order valence-electron chi connectivity index (χ2n) is 3.98. The number of hydrogen-bond donors (Lipinski definition) is 1. The van der Waals surface area contributed by atoms with E-state index >= 15 is 0 Å². The first-order valence-electron chi connectivity index (χ1n) is 5.89. The van der Waals surface area contributed by atoms with Crippen molar-refractivity contribution >= 4 is 17.6 Å². The third-order valence-electron chi connectivity index (χ3n) is 2.42. The zero-order valence-corrected chi connectivity index (χ0v) is 11.2. The highest BCUT2D eigenvalue weighted by molar-refractivity contribution is 7.99. The van der Waals surface area contributed by atoms with Gasteiger partial charge in [0.05, 0.1) is 5.75 Å². The summed E-state index contributed by atoms with van der Waals surface area (Å²) < 4.78 is 0. The average molecular weight is 239 g/mol. The van der Waals surface area contributed by atoms with Gasteiger partial charge in [-0.25, -0.2) is 9.97 Å². The van der Waals surface area contributed by atoms with Gasteiger partial charge in [0.2, 0.25) is 0 Å². The fourth-order valence-electron chi connectivity index (χ4n) is 1.36. The molecule has 0 aliphatic carbocycles. The summed E-state index contributed by atoms with van der Waals surface area (Å²) in [5, 5.41) is 0.652. The second-order valence-corrected chi connectivity index (χ2v) is 5.41. The van der Waals surface area contributed by atoms with Crippen molar-refractivity contribution in [2.75, 3.05) is 5.73 Å². The van der Waals surface area contributed by atoms with Gasteiger partial charge in [-0.1, -0.05) is 27.2 Å². The first-order valence-corrected chi connectivity index (χ1v) is 6.94. The van der Waals surface area contributed by atoms with Crippen LogP contribution < -0.4 is 5.73 Å². The molecule has 3 nitrogen and oxygen atoms in total. The topological polar surface area (TPSA) is 51.8 Å². The van der Waals surface area contributed by atoms with Crippen LogP contribution in [0.15, 0.2) is 6.07 Å². The molecule has 0 bridgehead atoms. The van der Waals surface area contributed by atoms with Gasteiger partial charge in [-0.3, -0.25) is 0 Å². The van der Waals surface area contributed by atoms with Crippen molar-refractivity contribution < 1.29 is 0 Å². The summed E-state index contributed by atoms with van der Waals surface area (Å²) in [5.74, 6) is 2.32. The summed E-state index contributed by atoms with van der Waals surface area (Å²) in [6.45, 7) is 6.57. The van der Waals surface area contributed by atoms with Crippen LogP contribution in [0.4, 0.5) is 5.82 Å². The molecule has 1 atom stereocenters. The Morgan fingerprint density at radius 2 is 2.12 bits per heavy atom. The van der Waals surface area contributed by atoms with Crippen LogP contribution in [0.25, 0.3) is 0 Å². The van der Waals surface area contributed by atoms with Crippen molar-refractivity contribution in [2.24, 2.45) is 0 Å². The van der Waals surface area contributed by atoms with Crippen molar-refractivity contribution in [1.29, 1.82) is 0 Å². The average Bonchev–Trinajstić information content (AvgIpc) is 2.25. The van der Waals surface area contributed by atoms with Gasteiger partial charge >= 0.3 is 0 Å². The molecular formula is C12H21N3S. The van der Waals surface area contributed by atoms with Crippen LogP contribution in [0, 0.1) is 0 Å². The minimum atomic E-state index is 0.596. The maximum Gasteiger partial charge on any atom is 0.140 e. The molecule has 0 aliphatic rings. The van der Waals surface area contributed by atoms with Gasteiger partial charge in [0.1, 0.15) is 11.6 Å². The SMILES string of the molecule is CCCc1cc(N)nc(CSC(C)CC)n1. The number of anilines is 1. The first kappa shape index (κ1) is 13.3. The molecular weight excluding hydrogens is 218 g/mol. The number of rotatable bonds is 6. The Bertz CT molecular complexity index is 328. The third-order valence-corrected chi connectivity index (χ3v) is 3.75. The van der Waals surface area contributed by atoms with Crippen LogP contribution in [-0.4, -0.2) is 15.2 Å². The van der Waals surface area contributed by atoms with E-state index in [1.54, 1.807) is 0 Å². The van der Waals surface area contributed by atoms with Gasteiger partial charge in [0.25, 0.3) is 0 Å². The highest BCUT2D eigenvalue weighted by Gasteiger charge is 2.05. The van der Waals surface area contributed by atoms with Gasteiger partial charge in [0.15, 0.2) is 0 Å². The minimum Gasteiger partial charge on any atom is -0.384 e. The van der Waals surface area contributed by atoms with E-state index in [0.29, 0.717) is 11.1 Å². The van der Waals surface area contributed by atoms with Crippen LogP contribution in [0.1, 0.15) is 45.1 Å². The molecule has 16 heavy (non-hydrogen) atoms. The highest BCUT2D eigenvalue weighted by Crippen LogP contribution is 2.18. The molecule has 0 fully saturated rings. The molecule has 0 amide bonds. The summed E-state index contributed by atoms with van der Waals surface area (Å²) in [5.41, 5.74) is 6.83. The fraction of sp³-hybridized carbons (Fsp3) is 0.667. The van der Waals surface area contributed by atoms with Crippen LogP contribution in [0.3, 0.4) is 0 Å². The second kappa shape index (κ2) is 6.74. The first-order chi connectivity index (χ1) is 7.65. The molecule has 0 saturated carbocycles. The molecule has 0 aromatic carbocycles. The summed E-state index contributed by atoms with van der Waals surface area (Å²) in [7, 11) is 0. The van der Waals surface area contributed by atoms with Gasteiger partial charge in [-0.2, -0.15) is 11.8 Å². The molecule has 90 valence electrons. The van der Waals surface area contributed by atoms with E-state index in [9.17, 15) is 0 Å². The monoisotopic (exact) mass is 239 g/mol. The van der Waals surface area contributed by atoms with Crippen molar-refractivity contribution in [1.82, 2.24) is 9.97 Å². The van der Waals surface area contributed by atoms with Crippen LogP contribution >= 0.6 is 11.8 Å².